The number of para-hydroxylation sites is 2. The number of thiophene rings is 1. The van der Waals surface area contributed by atoms with Crippen LogP contribution in [0.15, 0.2) is 35.4 Å². The summed E-state index contributed by atoms with van der Waals surface area (Å²) in [4.78, 5) is 31.4. The molecule has 2 aromatic heterocycles. The average Bonchev–Trinajstić information content (AvgIpc) is 3.31. The molecule has 27 heavy (non-hydrogen) atoms. The van der Waals surface area contributed by atoms with Crippen LogP contribution >= 0.6 is 11.3 Å². The van der Waals surface area contributed by atoms with E-state index >= 15 is 0 Å². The molecule has 0 bridgehead atoms. The second-order valence-electron chi connectivity index (χ2n) is 6.79. The Balaban J connectivity index is 1.72. The minimum Gasteiger partial charge on any atom is -0.495 e. The second-order valence-corrected chi connectivity index (χ2v) is 7.79. The molecule has 1 aromatic carbocycles. The Morgan fingerprint density at radius 1 is 1.30 bits per heavy atom. The highest BCUT2D eigenvalue weighted by atomic mass is 32.1. The van der Waals surface area contributed by atoms with Crippen molar-refractivity contribution in [2.45, 2.75) is 38.6 Å². The molecule has 1 amide bonds. The number of nitrogens with one attached hydrogen (secondary N) is 1. The van der Waals surface area contributed by atoms with Crippen molar-refractivity contribution in [2.24, 2.45) is 0 Å². The summed E-state index contributed by atoms with van der Waals surface area (Å²) in [5, 5.41) is 3.43. The predicted octanol–water partition coefficient (Wildman–Crippen LogP) is 4.14. The largest absolute Gasteiger partial charge is 0.495 e. The van der Waals surface area contributed by atoms with E-state index in [2.05, 4.69) is 10.3 Å². The van der Waals surface area contributed by atoms with Gasteiger partial charge >= 0.3 is 0 Å². The highest BCUT2D eigenvalue weighted by molar-refractivity contribution is 7.20. The molecule has 6 nitrogen and oxygen atoms in total. The topological polar surface area (TPSA) is 73.2 Å². The fourth-order valence-corrected chi connectivity index (χ4v) is 4.76. The molecule has 2 heterocycles. The number of carbonyl (C=O) groups is 1. The van der Waals surface area contributed by atoms with Crippen LogP contribution in [0.2, 0.25) is 0 Å². The molecule has 0 radical (unpaired) electrons. The van der Waals surface area contributed by atoms with Gasteiger partial charge in [0, 0.05) is 6.04 Å². The highest BCUT2D eigenvalue weighted by Crippen LogP contribution is 2.32. The van der Waals surface area contributed by atoms with Crippen LogP contribution in [-0.4, -0.2) is 22.6 Å². The highest BCUT2D eigenvalue weighted by Gasteiger charge is 2.23. The molecule has 1 aliphatic carbocycles. The summed E-state index contributed by atoms with van der Waals surface area (Å²) in [5.41, 5.74) is 1.24. The fourth-order valence-electron chi connectivity index (χ4n) is 3.72. The first-order chi connectivity index (χ1) is 13.1. The zero-order valence-corrected chi connectivity index (χ0v) is 16.1. The summed E-state index contributed by atoms with van der Waals surface area (Å²) in [6.45, 7) is 1.82. The Hall–Kier alpha value is -2.67. The molecule has 1 fully saturated rings. The SMILES string of the molecule is COc1ccccc1NC(=O)c1sc2ncn(C3CCCC3)c(=O)c2c1C. The van der Waals surface area contributed by atoms with Crippen LogP contribution in [0.1, 0.15) is 47.0 Å². The smallest absolute Gasteiger partial charge is 0.266 e. The van der Waals surface area contributed by atoms with Crippen molar-refractivity contribution in [3.05, 3.63) is 51.4 Å². The van der Waals surface area contributed by atoms with Crippen molar-refractivity contribution in [1.29, 1.82) is 0 Å². The van der Waals surface area contributed by atoms with E-state index in [0.29, 0.717) is 32.1 Å². The minimum absolute atomic E-state index is 0.0445. The normalized spacial score (nSPS) is 14.6. The molecule has 140 valence electrons. The van der Waals surface area contributed by atoms with Crippen LogP contribution in [0.25, 0.3) is 10.2 Å². The summed E-state index contributed by atoms with van der Waals surface area (Å²) in [5.74, 6) is 0.332. The second kappa shape index (κ2) is 7.15. The summed E-state index contributed by atoms with van der Waals surface area (Å²) in [7, 11) is 1.56. The van der Waals surface area contributed by atoms with Gasteiger partial charge in [-0.3, -0.25) is 14.2 Å². The molecule has 1 aliphatic rings. The molecule has 0 atom stereocenters. The zero-order valence-electron chi connectivity index (χ0n) is 15.3. The van der Waals surface area contributed by atoms with E-state index in [1.54, 1.807) is 30.1 Å². The van der Waals surface area contributed by atoms with Crippen LogP contribution in [0.5, 0.6) is 5.75 Å². The van der Waals surface area contributed by atoms with Crippen molar-refractivity contribution in [3.8, 4) is 5.75 Å². The number of hydrogen-bond donors (Lipinski definition) is 1. The lowest BCUT2D eigenvalue weighted by Gasteiger charge is -2.12. The predicted molar refractivity (Wildman–Crippen MR) is 107 cm³/mol. The van der Waals surface area contributed by atoms with Crippen LogP contribution in [0.4, 0.5) is 5.69 Å². The number of aryl methyl sites for hydroxylation is 1. The summed E-state index contributed by atoms with van der Waals surface area (Å²) in [6.07, 6.45) is 5.95. The first kappa shape index (κ1) is 17.7. The number of methoxy groups -OCH3 is 1. The van der Waals surface area contributed by atoms with E-state index < -0.39 is 0 Å². The van der Waals surface area contributed by atoms with Crippen molar-refractivity contribution in [3.63, 3.8) is 0 Å². The Kier molecular flexibility index (Phi) is 4.70. The third-order valence-electron chi connectivity index (χ3n) is 5.16. The molecule has 0 aliphatic heterocycles. The number of aromatic nitrogens is 2. The van der Waals surface area contributed by atoms with Crippen LogP contribution in [-0.2, 0) is 0 Å². The first-order valence-corrected chi connectivity index (χ1v) is 9.86. The fraction of sp³-hybridized carbons (Fsp3) is 0.350. The maximum absolute atomic E-state index is 13.0. The van der Waals surface area contributed by atoms with E-state index in [0.717, 1.165) is 25.7 Å². The number of rotatable bonds is 4. The number of amides is 1. The van der Waals surface area contributed by atoms with E-state index in [-0.39, 0.29) is 17.5 Å². The van der Waals surface area contributed by atoms with Gasteiger partial charge in [0.15, 0.2) is 0 Å². The molecule has 1 N–H and O–H groups in total. The summed E-state index contributed by atoms with van der Waals surface area (Å²) < 4.78 is 7.03. The molecule has 0 unspecified atom stereocenters. The molecular formula is C20H21N3O3S. The molecule has 0 spiro atoms. The Morgan fingerprint density at radius 3 is 2.78 bits per heavy atom. The molecular weight excluding hydrogens is 362 g/mol. The zero-order chi connectivity index (χ0) is 19.0. The van der Waals surface area contributed by atoms with Crippen LogP contribution < -0.4 is 15.6 Å². The average molecular weight is 383 g/mol. The van der Waals surface area contributed by atoms with E-state index in [4.69, 9.17) is 4.74 Å². The van der Waals surface area contributed by atoms with Crippen molar-refractivity contribution >= 4 is 33.1 Å². The third-order valence-corrected chi connectivity index (χ3v) is 6.35. The standard InChI is InChI=1S/C20H21N3O3S/c1-12-16-19(21-11-23(20(16)25)13-7-3-4-8-13)27-17(12)18(24)22-14-9-5-6-10-15(14)26-2/h5-6,9-11,13H,3-4,7-8H2,1-2H3,(H,22,24). The van der Waals surface area contributed by atoms with Gasteiger partial charge in [0.2, 0.25) is 0 Å². The van der Waals surface area contributed by atoms with Gasteiger partial charge in [-0.2, -0.15) is 0 Å². The van der Waals surface area contributed by atoms with Gasteiger partial charge in [-0.15, -0.1) is 11.3 Å². The molecule has 0 saturated heterocycles. The number of hydrogen-bond acceptors (Lipinski definition) is 5. The van der Waals surface area contributed by atoms with Crippen LogP contribution in [0.3, 0.4) is 0 Å². The number of carbonyl (C=O) groups excluding carboxylic acids is 1. The lowest BCUT2D eigenvalue weighted by atomic mass is 10.2. The quantitative estimate of drug-likeness (QED) is 0.735. The van der Waals surface area contributed by atoms with Gasteiger partial charge in [-0.05, 0) is 37.5 Å². The van der Waals surface area contributed by atoms with Gasteiger partial charge in [0.25, 0.3) is 11.5 Å². The van der Waals surface area contributed by atoms with E-state index in [1.807, 2.05) is 19.1 Å². The van der Waals surface area contributed by atoms with Gasteiger partial charge in [-0.1, -0.05) is 25.0 Å². The third kappa shape index (κ3) is 3.12. The van der Waals surface area contributed by atoms with Crippen molar-refractivity contribution < 1.29 is 9.53 Å². The maximum Gasteiger partial charge on any atom is 0.266 e. The van der Waals surface area contributed by atoms with Gasteiger partial charge in [0.1, 0.15) is 10.6 Å². The number of anilines is 1. The number of benzene rings is 1. The molecule has 7 heteroatoms. The maximum atomic E-state index is 13.0. The Labute approximate surface area is 160 Å². The molecule has 4 rings (SSSR count). The lowest BCUT2D eigenvalue weighted by Crippen LogP contribution is -2.23. The van der Waals surface area contributed by atoms with Gasteiger partial charge < -0.3 is 10.1 Å². The summed E-state index contributed by atoms with van der Waals surface area (Å²) >= 11 is 1.25. The lowest BCUT2D eigenvalue weighted by molar-refractivity contribution is 0.102. The monoisotopic (exact) mass is 383 g/mol. The summed E-state index contributed by atoms with van der Waals surface area (Å²) in [6, 6.07) is 7.46. The first-order valence-electron chi connectivity index (χ1n) is 9.04. The number of nitrogens with zero attached hydrogens (tertiary/aromatic N) is 2. The van der Waals surface area contributed by atoms with Crippen molar-refractivity contribution in [1.82, 2.24) is 9.55 Å². The minimum atomic E-state index is -0.258. The van der Waals surface area contributed by atoms with Crippen molar-refractivity contribution in [2.75, 3.05) is 12.4 Å². The molecule has 3 aromatic rings. The van der Waals surface area contributed by atoms with Crippen LogP contribution in [0, 0.1) is 6.92 Å². The number of fused-ring (bicyclic) bond motifs is 1. The Morgan fingerprint density at radius 2 is 2.04 bits per heavy atom. The van der Waals surface area contributed by atoms with Gasteiger partial charge in [-0.25, -0.2) is 4.98 Å². The molecule has 1 saturated carbocycles. The van der Waals surface area contributed by atoms with E-state index in [9.17, 15) is 9.59 Å². The number of ether oxygens (including phenoxy) is 1. The Bertz CT molecular complexity index is 1060. The van der Waals surface area contributed by atoms with E-state index in [1.165, 1.54) is 11.3 Å². The van der Waals surface area contributed by atoms with Gasteiger partial charge in [0.05, 0.1) is 29.4 Å².